The van der Waals surface area contributed by atoms with Gasteiger partial charge in [0.1, 0.15) is 0 Å². The van der Waals surface area contributed by atoms with Gasteiger partial charge in [0.2, 0.25) is 12.3 Å². The first-order chi connectivity index (χ1) is 5.59. The van der Waals surface area contributed by atoms with Crippen molar-refractivity contribution in [3.8, 4) is 0 Å². The van der Waals surface area contributed by atoms with E-state index in [4.69, 9.17) is 5.11 Å². The highest BCUT2D eigenvalue weighted by Crippen LogP contribution is 2.18. The molecule has 70 valence electrons. The van der Waals surface area contributed by atoms with Gasteiger partial charge in [-0.25, -0.2) is 8.78 Å². The molecule has 1 amide bonds. The summed E-state index contributed by atoms with van der Waals surface area (Å²) in [6, 6.07) is 0. The molecule has 0 radical (unpaired) electrons. The van der Waals surface area contributed by atoms with Gasteiger partial charge < -0.3 is 10.4 Å². The number of rotatable bonds is 3. The first kappa shape index (κ1) is 9.38. The molecule has 0 aliphatic carbocycles. The van der Waals surface area contributed by atoms with Crippen molar-refractivity contribution in [1.82, 2.24) is 5.32 Å². The minimum atomic E-state index is -2.50. The SMILES string of the molecule is O=C1C[C@@H]([C@H](O)CC(F)F)CN1. The van der Waals surface area contributed by atoms with Crippen molar-refractivity contribution < 1.29 is 18.7 Å². The van der Waals surface area contributed by atoms with Crippen LogP contribution in [0.15, 0.2) is 0 Å². The third-order valence-corrected chi connectivity index (χ3v) is 1.97. The van der Waals surface area contributed by atoms with E-state index in [-0.39, 0.29) is 18.2 Å². The predicted molar refractivity (Wildman–Crippen MR) is 37.7 cm³/mol. The standard InChI is InChI=1S/C7H11F2NO2/c8-6(9)2-5(11)4-1-7(12)10-3-4/h4-6,11H,1-3H2,(H,10,12)/t4-,5-/m1/s1. The van der Waals surface area contributed by atoms with Crippen molar-refractivity contribution in [2.24, 2.45) is 5.92 Å². The third kappa shape index (κ3) is 2.41. The highest BCUT2D eigenvalue weighted by molar-refractivity contribution is 5.78. The molecule has 2 N–H and O–H groups in total. The van der Waals surface area contributed by atoms with Crippen molar-refractivity contribution in [2.75, 3.05) is 6.54 Å². The van der Waals surface area contributed by atoms with Crippen molar-refractivity contribution in [3.63, 3.8) is 0 Å². The van der Waals surface area contributed by atoms with Gasteiger partial charge in [-0.2, -0.15) is 0 Å². The molecule has 0 aromatic carbocycles. The number of aliphatic hydroxyl groups is 1. The van der Waals surface area contributed by atoms with Gasteiger partial charge in [-0.3, -0.25) is 4.79 Å². The second-order valence-corrected chi connectivity index (χ2v) is 2.96. The Labute approximate surface area is 68.8 Å². The number of carbonyl (C=O) groups excluding carboxylic acids is 1. The summed E-state index contributed by atoms with van der Waals surface area (Å²) < 4.78 is 23.5. The number of hydrogen-bond acceptors (Lipinski definition) is 2. The number of halogens is 2. The molecule has 0 bridgehead atoms. The average Bonchev–Trinajstić information content (AvgIpc) is 2.34. The molecule has 1 heterocycles. The van der Waals surface area contributed by atoms with Crippen LogP contribution in [0.4, 0.5) is 8.78 Å². The molecule has 1 aliphatic heterocycles. The third-order valence-electron chi connectivity index (χ3n) is 1.97. The fourth-order valence-electron chi connectivity index (χ4n) is 1.27. The number of alkyl halides is 2. The molecule has 3 nitrogen and oxygen atoms in total. The summed E-state index contributed by atoms with van der Waals surface area (Å²) in [7, 11) is 0. The van der Waals surface area contributed by atoms with Gasteiger partial charge in [-0.15, -0.1) is 0 Å². The van der Waals surface area contributed by atoms with Crippen LogP contribution in [0.2, 0.25) is 0 Å². The van der Waals surface area contributed by atoms with E-state index >= 15 is 0 Å². The van der Waals surface area contributed by atoms with Gasteiger partial charge in [-0.1, -0.05) is 0 Å². The van der Waals surface area contributed by atoms with Crippen molar-refractivity contribution in [3.05, 3.63) is 0 Å². The Hall–Kier alpha value is -0.710. The Balaban J connectivity index is 2.32. The molecule has 1 saturated heterocycles. The highest BCUT2D eigenvalue weighted by atomic mass is 19.3. The molecule has 12 heavy (non-hydrogen) atoms. The van der Waals surface area contributed by atoms with Crippen LogP contribution in [0.1, 0.15) is 12.8 Å². The molecule has 2 atom stereocenters. The number of aliphatic hydroxyl groups excluding tert-OH is 1. The van der Waals surface area contributed by atoms with E-state index in [0.29, 0.717) is 6.54 Å². The molecular weight excluding hydrogens is 168 g/mol. The summed E-state index contributed by atoms with van der Waals surface area (Å²) in [5, 5.41) is 11.6. The molecule has 0 unspecified atom stereocenters. The first-order valence-corrected chi connectivity index (χ1v) is 3.82. The van der Waals surface area contributed by atoms with Crippen LogP contribution >= 0.6 is 0 Å². The number of nitrogens with one attached hydrogen (secondary N) is 1. The molecule has 5 heteroatoms. The van der Waals surface area contributed by atoms with Crippen molar-refractivity contribution in [1.29, 1.82) is 0 Å². The summed E-state index contributed by atoms with van der Waals surface area (Å²) in [5.41, 5.74) is 0. The monoisotopic (exact) mass is 179 g/mol. The van der Waals surface area contributed by atoms with Crippen LogP contribution in [0.25, 0.3) is 0 Å². The largest absolute Gasteiger partial charge is 0.393 e. The fraction of sp³-hybridized carbons (Fsp3) is 0.857. The van der Waals surface area contributed by atoms with Gasteiger partial charge in [0.15, 0.2) is 0 Å². The molecule has 0 aromatic heterocycles. The van der Waals surface area contributed by atoms with Gasteiger partial charge in [0.05, 0.1) is 6.10 Å². The summed E-state index contributed by atoms with van der Waals surface area (Å²) >= 11 is 0. The van der Waals surface area contributed by atoms with E-state index in [9.17, 15) is 13.6 Å². The van der Waals surface area contributed by atoms with E-state index in [1.807, 2.05) is 0 Å². The van der Waals surface area contributed by atoms with E-state index in [0.717, 1.165) is 0 Å². The Morgan fingerprint density at radius 2 is 2.33 bits per heavy atom. The molecule has 1 aliphatic rings. The Kier molecular flexibility index (Phi) is 2.97. The average molecular weight is 179 g/mol. The van der Waals surface area contributed by atoms with Crippen molar-refractivity contribution >= 4 is 5.91 Å². The van der Waals surface area contributed by atoms with E-state index in [1.165, 1.54) is 0 Å². The Morgan fingerprint density at radius 3 is 2.75 bits per heavy atom. The van der Waals surface area contributed by atoms with Crippen LogP contribution in [0, 0.1) is 5.92 Å². The molecule has 1 rings (SSSR count). The smallest absolute Gasteiger partial charge is 0.241 e. The minimum absolute atomic E-state index is 0.161. The lowest BCUT2D eigenvalue weighted by molar-refractivity contribution is -0.119. The zero-order valence-electron chi connectivity index (χ0n) is 6.46. The Morgan fingerprint density at radius 1 is 1.67 bits per heavy atom. The molecule has 0 aromatic rings. The van der Waals surface area contributed by atoms with Crippen LogP contribution in [-0.2, 0) is 4.79 Å². The molecule has 0 spiro atoms. The maximum atomic E-state index is 11.8. The number of hydrogen-bond donors (Lipinski definition) is 2. The molecule has 0 saturated carbocycles. The lowest BCUT2D eigenvalue weighted by atomic mass is 9.99. The zero-order valence-corrected chi connectivity index (χ0v) is 6.46. The zero-order chi connectivity index (χ0) is 9.14. The molecule has 1 fully saturated rings. The summed E-state index contributed by atoms with van der Waals surface area (Å²) in [5.74, 6) is -0.514. The maximum absolute atomic E-state index is 11.8. The summed E-state index contributed by atoms with van der Waals surface area (Å²) in [6.07, 6.45) is -3.95. The summed E-state index contributed by atoms with van der Waals surface area (Å²) in [6.45, 7) is 0.312. The fourth-order valence-corrected chi connectivity index (χ4v) is 1.27. The second kappa shape index (κ2) is 3.80. The van der Waals surface area contributed by atoms with Gasteiger partial charge in [-0.05, 0) is 0 Å². The molecular formula is C7H11F2NO2. The van der Waals surface area contributed by atoms with Crippen LogP contribution in [0.5, 0.6) is 0 Å². The van der Waals surface area contributed by atoms with Gasteiger partial charge in [0.25, 0.3) is 0 Å². The highest BCUT2D eigenvalue weighted by Gasteiger charge is 2.29. The van der Waals surface area contributed by atoms with Crippen LogP contribution in [-0.4, -0.2) is 30.1 Å². The Bertz CT molecular complexity index is 175. The van der Waals surface area contributed by atoms with E-state index < -0.39 is 19.0 Å². The lowest BCUT2D eigenvalue weighted by Crippen LogP contribution is -2.24. The quantitative estimate of drug-likeness (QED) is 0.647. The normalized spacial score (nSPS) is 26.0. The van der Waals surface area contributed by atoms with Crippen molar-refractivity contribution in [2.45, 2.75) is 25.4 Å². The number of carbonyl (C=O) groups is 1. The summed E-state index contributed by atoms with van der Waals surface area (Å²) in [4.78, 5) is 10.6. The predicted octanol–water partition coefficient (Wildman–Crippen LogP) is 0.139. The van der Waals surface area contributed by atoms with Crippen LogP contribution < -0.4 is 5.32 Å². The van der Waals surface area contributed by atoms with Gasteiger partial charge in [0, 0.05) is 25.3 Å². The maximum Gasteiger partial charge on any atom is 0.241 e. The number of amides is 1. The minimum Gasteiger partial charge on any atom is -0.393 e. The topological polar surface area (TPSA) is 49.3 Å². The second-order valence-electron chi connectivity index (χ2n) is 2.96. The van der Waals surface area contributed by atoms with E-state index in [1.54, 1.807) is 0 Å². The first-order valence-electron chi connectivity index (χ1n) is 3.82. The van der Waals surface area contributed by atoms with Gasteiger partial charge >= 0.3 is 0 Å². The van der Waals surface area contributed by atoms with Crippen LogP contribution in [0.3, 0.4) is 0 Å². The lowest BCUT2D eigenvalue weighted by Gasteiger charge is -2.14. The van der Waals surface area contributed by atoms with E-state index in [2.05, 4.69) is 5.32 Å².